The van der Waals surface area contributed by atoms with Gasteiger partial charge in [-0.3, -0.25) is 14.6 Å². The van der Waals surface area contributed by atoms with Crippen LogP contribution in [0, 0.1) is 0 Å². The molecule has 2 aliphatic heterocycles. The number of thiocarbonyl (C=S) groups is 1. The summed E-state index contributed by atoms with van der Waals surface area (Å²) in [4.78, 5) is 17.2. The Bertz CT molecular complexity index is 996. The van der Waals surface area contributed by atoms with Gasteiger partial charge >= 0.3 is 6.18 Å². The maximum absolute atomic E-state index is 12.8. The van der Waals surface area contributed by atoms with E-state index in [0.717, 1.165) is 43.3 Å². The lowest BCUT2D eigenvalue weighted by molar-refractivity contribution is -0.137. The van der Waals surface area contributed by atoms with E-state index in [1.165, 1.54) is 23.9 Å². The lowest BCUT2D eigenvalue weighted by atomic mass is 10.1. The zero-order valence-corrected chi connectivity index (χ0v) is 18.8. The number of furan rings is 1. The van der Waals surface area contributed by atoms with E-state index >= 15 is 0 Å². The van der Waals surface area contributed by atoms with Gasteiger partial charge in [0.2, 0.25) is 0 Å². The smallest absolute Gasteiger partial charge is 0.416 e. The molecule has 10 heteroatoms. The number of benzene rings is 1. The standard InChI is InChI=1S/C21H19F3N2O2S3/c22-21(23,24)15-3-1-14(2-4-15)17-6-5-16(28-17)13-18-19(27)26(20(29)31-18)8-7-25-9-11-30-12-10-25/h1-6,13H,7-12H2/b18-13-. The molecule has 1 aromatic carbocycles. The summed E-state index contributed by atoms with van der Waals surface area (Å²) in [5.74, 6) is 2.95. The van der Waals surface area contributed by atoms with Crippen LogP contribution < -0.4 is 0 Å². The summed E-state index contributed by atoms with van der Waals surface area (Å²) in [7, 11) is 0. The molecule has 0 unspecified atom stereocenters. The Kier molecular flexibility index (Phi) is 6.80. The molecule has 4 rings (SSSR count). The van der Waals surface area contributed by atoms with Gasteiger partial charge in [0.1, 0.15) is 15.8 Å². The van der Waals surface area contributed by atoms with Crippen LogP contribution in [0.1, 0.15) is 11.3 Å². The number of rotatable bonds is 5. The number of hydrogen-bond acceptors (Lipinski definition) is 6. The minimum absolute atomic E-state index is 0.145. The minimum atomic E-state index is -4.38. The lowest BCUT2D eigenvalue weighted by Gasteiger charge is -2.27. The number of hydrogen-bond donors (Lipinski definition) is 0. The molecule has 0 atom stereocenters. The van der Waals surface area contributed by atoms with E-state index in [0.29, 0.717) is 32.9 Å². The van der Waals surface area contributed by atoms with Crippen LogP contribution in [0.25, 0.3) is 17.4 Å². The molecular weight excluding hydrogens is 465 g/mol. The van der Waals surface area contributed by atoms with Crippen molar-refractivity contribution < 1.29 is 22.4 Å². The maximum atomic E-state index is 12.8. The van der Waals surface area contributed by atoms with Crippen LogP contribution >= 0.6 is 35.7 Å². The average Bonchev–Trinajstić information content (AvgIpc) is 3.32. The molecule has 2 fully saturated rings. The fraction of sp³-hybridized carbons (Fsp3) is 0.333. The van der Waals surface area contributed by atoms with Gasteiger partial charge in [-0.2, -0.15) is 24.9 Å². The van der Waals surface area contributed by atoms with Crippen molar-refractivity contribution in [3.63, 3.8) is 0 Å². The van der Waals surface area contributed by atoms with E-state index in [-0.39, 0.29) is 5.91 Å². The first-order chi connectivity index (χ1) is 14.8. The van der Waals surface area contributed by atoms with Crippen molar-refractivity contribution in [2.45, 2.75) is 6.18 Å². The van der Waals surface area contributed by atoms with E-state index in [1.807, 2.05) is 11.8 Å². The van der Waals surface area contributed by atoms with E-state index in [2.05, 4.69) is 4.90 Å². The van der Waals surface area contributed by atoms with Crippen molar-refractivity contribution in [1.82, 2.24) is 9.80 Å². The maximum Gasteiger partial charge on any atom is 0.416 e. The Morgan fingerprint density at radius 3 is 2.45 bits per heavy atom. The predicted octanol–water partition coefficient (Wildman–Crippen LogP) is 5.22. The molecule has 0 aliphatic carbocycles. The molecule has 2 aliphatic rings. The second-order valence-corrected chi connectivity index (χ2v) is 9.96. The van der Waals surface area contributed by atoms with Gasteiger partial charge < -0.3 is 4.42 Å². The van der Waals surface area contributed by atoms with Crippen LogP contribution in [0.4, 0.5) is 13.2 Å². The highest BCUT2D eigenvalue weighted by atomic mass is 32.2. The van der Waals surface area contributed by atoms with Crippen LogP contribution in [-0.4, -0.2) is 57.7 Å². The second kappa shape index (κ2) is 9.40. The SMILES string of the molecule is O=C1/C(=C/c2ccc(-c3ccc(C(F)(F)F)cc3)o2)SC(=S)N1CCN1CCSCC1. The zero-order valence-electron chi connectivity index (χ0n) is 16.4. The third kappa shape index (κ3) is 5.36. The highest BCUT2D eigenvalue weighted by molar-refractivity contribution is 8.26. The molecule has 1 aromatic heterocycles. The largest absolute Gasteiger partial charge is 0.457 e. The number of amides is 1. The Hall–Kier alpha value is -1.75. The van der Waals surface area contributed by atoms with Gasteiger partial charge in [0.25, 0.3) is 5.91 Å². The summed E-state index contributed by atoms with van der Waals surface area (Å²) in [5.41, 5.74) is -0.185. The van der Waals surface area contributed by atoms with Crippen molar-refractivity contribution in [3.8, 4) is 11.3 Å². The van der Waals surface area contributed by atoms with E-state index in [1.54, 1.807) is 23.1 Å². The highest BCUT2D eigenvalue weighted by Gasteiger charge is 2.32. The molecule has 1 amide bonds. The number of thioether (sulfide) groups is 2. The molecule has 0 bridgehead atoms. The minimum Gasteiger partial charge on any atom is -0.457 e. The van der Waals surface area contributed by atoms with Crippen LogP contribution in [0.3, 0.4) is 0 Å². The molecule has 2 aromatic rings. The Labute approximate surface area is 191 Å². The van der Waals surface area contributed by atoms with Crippen molar-refractivity contribution in [3.05, 3.63) is 52.6 Å². The molecule has 4 nitrogen and oxygen atoms in total. The van der Waals surface area contributed by atoms with Crippen molar-refractivity contribution in [2.24, 2.45) is 0 Å². The topological polar surface area (TPSA) is 36.7 Å². The first-order valence-corrected chi connectivity index (χ1v) is 12.0. The summed E-state index contributed by atoms with van der Waals surface area (Å²) in [6, 6.07) is 8.12. The fourth-order valence-corrected chi connectivity index (χ4v) is 5.56. The zero-order chi connectivity index (χ0) is 22.0. The number of carbonyl (C=O) groups is 1. The normalized spacial score (nSPS) is 19.6. The third-order valence-corrected chi connectivity index (χ3v) is 7.33. The number of halogens is 3. The summed E-state index contributed by atoms with van der Waals surface area (Å²) >= 11 is 8.56. The number of carbonyl (C=O) groups excluding carboxylic acids is 1. The van der Waals surface area contributed by atoms with Gasteiger partial charge in [0, 0.05) is 49.3 Å². The van der Waals surface area contributed by atoms with Crippen molar-refractivity contribution in [2.75, 3.05) is 37.7 Å². The quantitative estimate of drug-likeness (QED) is 0.428. The summed E-state index contributed by atoms with van der Waals surface area (Å²) in [6.45, 7) is 3.39. The average molecular weight is 485 g/mol. The van der Waals surface area contributed by atoms with E-state index < -0.39 is 11.7 Å². The summed E-state index contributed by atoms with van der Waals surface area (Å²) in [6.07, 6.45) is -2.75. The molecule has 0 saturated carbocycles. The molecule has 2 saturated heterocycles. The lowest BCUT2D eigenvalue weighted by Crippen LogP contribution is -2.40. The Morgan fingerprint density at radius 2 is 1.77 bits per heavy atom. The van der Waals surface area contributed by atoms with Gasteiger partial charge in [-0.05, 0) is 24.3 Å². The van der Waals surface area contributed by atoms with E-state index in [9.17, 15) is 18.0 Å². The molecule has 0 N–H and O–H groups in total. The molecule has 0 spiro atoms. The first-order valence-electron chi connectivity index (χ1n) is 9.64. The van der Waals surface area contributed by atoms with Crippen LogP contribution in [-0.2, 0) is 11.0 Å². The predicted molar refractivity (Wildman–Crippen MR) is 123 cm³/mol. The first kappa shape index (κ1) is 22.4. The fourth-order valence-electron chi connectivity index (χ4n) is 3.30. The van der Waals surface area contributed by atoms with Crippen LogP contribution in [0.5, 0.6) is 0 Å². The molecular formula is C21H19F3N2O2S3. The summed E-state index contributed by atoms with van der Waals surface area (Å²) in [5, 5.41) is 0. The Morgan fingerprint density at radius 1 is 1.06 bits per heavy atom. The van der Waals surface area contributed by atoms with Gasteiger partial charge in [0.15, 0.2) is 0 Å². The van der Waals surface area contributed by atoms with Gasteiger partial charge in [-0.1, -0.05) is 36.1 Å². The van der Waals surface area contributed by atoms with E-state index in [4.69, 9.17) is 16.6 Å². The number of alkyl halides is 3. The molecule has 0 radical (unpaired) electrons. The molecule has 164 valence electrons. The van der Waals surface area contributed by atoms with Crippen LogP contribution in [0.15, 0.2) is 45.7 Å². The number of nitrogens with zero attached hydrogens (tertiary/aromatic N) is 2. The van der Waals surface area contributed by atoms with Crippen molar-refractivity contribution >= 4 is 52.0 Å². The molecule has 31 heavy (non-hydrogen) atoms. The van der Waals surface area contributed by atoms with Crippen LogP contribution in [0.2, 0.25) is 0 Å². The van der Waals surface area contributed by atoms with Gasteiger partial charge in [-0.15, -0.1) is 0 Å². The Balaban J connectivity index is 1.42. The second-order valence-electron chi connectivity index (χ2n) is 7.06. The molecule has 3 heterocycles. The monoisotopic (exact) mass is 484 g/mol. The third-order valence-electron chi connectivity index (χ3n) is 5.01. The van der Waals surface area contributed by atoms with Gasteiger partial charge in [-0.25, -0.2) is 0 Å². The highest BCUT2D eigenvalue weighted by Crippen LogP contribution is 2.34. The van der Waals surface area contributed by atoms with Gasteiger partial charge in [0.05, 0.1) is 10.5 Å². The summed E-state index contributed by atoms with van der Waals surface area (Å²) < 4.78 is 44.5. The van der Waals surface area contributed by atoms with Crippen molar-refractivity contribution in [1.29, 1.82) is 0 Å².